The Labute approximate surface area is 146 Å². The van der Waals surface area contributed by atoms with Gasteiger partial charge in [-0.1, -0.05) is 33.1 Å². The Bertz CT molecular complexity index is 477. The van der Waals surface area contributed by atoms with Crippen molar-refractivity contribution in [3.05, 3.63) is 0 Å². The molecule has 1 N–H and O–H groups in total. The molecule has 0 bridgehead atoms. The summed E-state index contributed by atoms with van der Waals surface area (Å²) < 4.78 is 0. The first-order valence-corrected chi connectivity index (χ1v) is 9.72. The zero-order valence-corrected chi connectivity index (χ0v) is 15.2. The van der Waals surface area contributed by atoms with Gasteiger partial charge >= 0.3 is 0 Å². The van der Waals surface area contributed by atoms with Crippen LogP contribution in [-0.4, -0.2) is 17.7 Å². The molecule has 2 saturated carbocycles. The van der Waals surface area contributed by atoms with Gasteiger partial charge in [0.05, 0.1) is 6.07 Å². The van der Waals surface area contributed by atoms with Gasteiger partial charge in [-0.05, 0) is 50.4 Å². The Balaban J connectivity index is 1.86. The molecular weight excluding hydrogens is 300 g/mol. The van der Waals surface area contributed by atoms with Crippen LogP contribution in [0.2, 0.25) is 0 Å². The highest BCUT2D eigenvalue weighted by atomic mass is 16.2. The number of nitrogens with one attached hydrogen (secondary N) is 1. The van der Waals surface area contributed by atoms with Crippen molar-refractivity contribution in [2.75, 3.05) is 0 Å². The van der Waals surface area contributed by atoms with Crippen molar-refractivity contribution in [1.29, 1.82) is 5.26 Å². The van der Waals surface area contributed by atoms with Crippen molar-refractivity contribution in [1.82, 2.24) is 5.32 Å². The second-order valence-electron chi connectivity index (χ2n) is 8.18. The number of amides is 1. The average molecular weight is 332 g/mol. The quantitative estimate of drug-likeness (QED) is 0.694. The monoisotopic (exact) mass is 332 g/mol. The maximum atomic E-state index is 12.7. The molecule has 0 heterocycles. The molecule has 2 aliphatic carbocycles. The minimum absolute atomic E-state index is 0.00325. The Morgan fingerprint density at radius 3 is 2.62 bits per heavy atom. The SMILES string of the molecule is CC(C)C[C@H](CCC1CC1)C(=O)N[C@H](C#N)C[C@@H]1CCCCC1=O. The fraction of sp³-hybridized carbons (Fsp3) is 0.850. The lowest BCUT2D eigenvalue weighted by Gasteiger charge is -2.25. The number of hydrogen-bond donors (Lipinski definition) is 1. The normalized spacial score (nSPS) is 23.6. The number of hydrogen-bond acceptors (Lipinski definition) is 3. The third kappa shape index (κ3) is 6.26. The van der Waals surface area contributed by atoms with Crippen LogP contribution in [0.3, 0.4) is 0 Å². The van der Waals surface area contributed by atoms with E-state index in [9.17, 15) is 14.9 Å². The van der Waals surface area contributed by atoms with Gasteiger partial charge in [0.15, 0.2) is 0 Å². The smallest absolute Gasteiger partial charge is 0.224 e. The highest BCUT2D eigenvalue weighted by Crippen LogP contribution is 2.35. The molecule has 0 aromatic carbocycles. The van der Waals surface area contributed by atoms with Crippen molar-refractivity contribution in [3.8, 4) is 6.07 Å². The van der Waals surface area contributed by atoms with Gasteiger partial charge in [0.2, 0.25) is 5.91 Å². The number of Topliss-reactive ketones (excluding diaryl/α,β-unsaturated/α-hetero) is 1. The van der Waals surface area contributed by atoms with E-state index in [2.05, 4.69) is 25.2 Å². The van der Waals surface area contributed by atoms with Gasteiger partial charge in [0, 0.05) is 18.3 Å². The molecule has 1 amide bonds. The van der Waals surface area contributed by atoms with Crippen LogP contribution >= 0.6 is 0 Å². The standard InChI is InChI=1S/C20H32N2O2/c1-14(2)11-17(10-9-15-7-8-15)20(24)22-18(13-21)12-16-5-3-4-6-19(16)23/h14-18H,3-12H2,1-2H3,(H,22,24)/t16-,17-,18-/m0/s1. The van der Waals surface area contributed by atoms with Crippen molar-refractivity contribution >= 4 is 11.7 Å². The summed E-state index contributed by atoms with van der Waals surface area (Å²) in [7, 11) is 0. The van der Waals surface area contributed by atoms with E-state index in [1.165, 1.54) is 12.8 Å². The molecule has 2 aliphatic rings. The van der Waals surface area contributed by atoms with Crippen LogP contribution in [0, 0.1) is 35.0 Å². The lowest BCUT2D eigenvalue weighted by molar-refractivity contribution is -0.128. The van der Waals surface area contributed by atoms with Gasteiger partial charge < -0.3 is 5.32 Å². The maximum Gasteiger partial charge on any atom is 0.224 e. The fourth-order valence-electron chi connectivity index (χ4n) is 3.79. The Morgan fingerprint density at radius 1 is 1.29 bits per heavy atom. The summed E-state index contributed by atoms with van der Waals surface area (Å²) in [6.45, 7) is 4.28. The molecule has 24 heavy (non-hydrogen) atoms. The summed E-state index contributed by atoms with van der Waals surface area (Å²) in [6, 6.07) is 1.67. The summed E-state index contributed by atoms with van der Waals surface area (Å²) in [5.74, 6) is 1.53. The number of rotatable bonds is 9. The fourth-order valence-corrected chi connectivity index (χ4v) is 3.79. The molecule has 0 spiro atoms. The Hall–Kier alpha value is -1.37. The minimum atomic E-state index is -0.528. The van der Waals surface area contributed by atoms with E-state index < -0.39 is 6.04 Å². The molecule has 4 heteroatoms. The molecule has 0 unspecified atom stereocenters. The molecule has 4 nitrogen and oxygen atoms in total. The van der Waals surface area contributed by atoms with E-state index in [4.69, 9.17) is 0 Å². The highest BCUT2D eigenvalue weighted by Gasteiger charge is 2.29. The molecule has 0 aromatic heterocycles. The number of ketones is 1. The molecular formula is C20H32N2O2. The summed E-state index contributed by atoms with van der Waals surface area (Å²) in [4.78, 5) is 24.6. The zero-order valence-electron chi connectivity index (χ0n) is 15.2. The maximum absolute atomic E-state index is 12.7. The van der Waals surface area contributed by atoms with Crippen LogP contribution in [0.5, 0.6) is 0 Å². The number of nitrogens with zero attached hydrogens (tertiary/aromatic N) is 1. The Morgan fingerprint density at radius 2 is 2.04 bits per heavy atom. The van der Waals surface area contributed by atoms with E-state index in [1.807, 2.05) is 0 Å². The molecule has 0 aromatic rings. The number of nitriles is 1. The minimum Gasteiger partial charge on any atom is -0.340 e. The summed E-state index contributed by atoms with van der Waals surface area (Å²) in [6.07, 6.45) is 9.55. The third-order valence-corrected chi connectivity index (χ3v) is 5.42. The largest absolute Gasteiger partial charge is 0.340 e. The van der Waals surface area contributed by atoms with Crippen molar-refractivity contribution in [3.63, 3.8) is 0 Å². The highest BCUT2D eigenvalue weighted by molar-refractivity contribution is 5.82. The van der Waals surface area contributed by atoms with Crippen molar-refractivity contribution < 1.29 is 9.59 Å². The van der Waals surface area contributed by atoms with E-state index >= 15 is 0 Å². The van der Waals surface area contributed by atoms with Crippen LogP contribution in [0.25, 0.3) is 0 Å². The van der Waals surface area contributed by atoms with Crippen LogP contribution < -0.4 is 5.32 Å². The van der Waals surface area contributed by atoms with E-state index in [0.29, 0.717) is 18.8 Å². The third-order valence-electron chi connectivity index (χ3n) is 5.42. The predicted molar refractivity (Wildman–Crippen MR) is 94.0 cm³/mol. The van der Waals surface area contributed by atoms with E-state index in [0.717, 1.165) is 44.4 Å². The van der Waals surface area contributed by atoms with Crippen LogP contribution in [0.15, 0.2) is 0 Å². The van der Waals surface area contributed by atoms with Crippen molar-refractivity contribution in [2.24, 2.45) is 23.7 Å². The summed E-state index contributed by atoms with van der Waals surface area (Å²) in [5, 5.41) is 12.3. The lowest BCUT2D eigenvalue weighted by atomic mass is 9.83. The second-order valence-corrected chi connectivity index (χ2v) is 8.18. The average Bonchev–Trinajstić information content (AvgIpc) is 3.36. The van der Waals surface area contributed by atoms with E-state index in [-0.39, 0.29) is 23.5 Å². The van der Waals surface area contributed by atoms with Gasteiger partial charge in [-0.25, -0.2) is 0 Å². The van der Waals surface area contributed by atoms with Crippen LogP contribution in [-0.2, 0) is 9.59 Å². The molecule has 2 fully saturated rings. The lowest BCUT2D eigenvalue weighted by Crippen LogP contribution is -2.40. The van der Waals surface area contributed by atoms with Gasteiger partial charge in [-0.3, -0.25) is 9.59 Å². The van der Waals surface area contributed by atoms with Crippen LogP contribution in [0.1, 0.15) is 78.1 Å². The first-order valence-electron chi connectivity index (χ1n) is 9.72. The molecule has 3 atom stereocenters. The number of carbonyl (C=O) groups is 2. The van der Waals surface area contributed by atoms with Gasteiger partial charge in [0.25, 0.3) is 0 Å². The molecule has 2 rings (SSSR count). The van der Waals surface area contributed by atoms with Crippen LogP contribution in [0.4, 0.5) is 0 Å². The van der Waals surface area contributed by atoms with Gasteiger partial charge in [-0.2, -0.15) is 5.26 Å². The molecule has 0 saturated heterocycles. The molecule has 0 radical (unpaired) electrons. The molecule has 0 aliphatic heterocycles. The summed E-state index contributed by atoms with van der Waals surface area (Å²) in [5.41, 5.74) is 0. The zero-order chi connectivity index (χ0) is 17.5. The summed E-state index contributed by atoms with van der Waals surface area (Å²) >= 11 is 0. The van der Waals surface area contributed by atoms with Gasteiger partial charge in [0.1, 0.15) is 11.8 Å². The van der Waals surface area contributed by atoms with E-state index in [1.54, 1.807) is 0 Å². The topological polar surface area (TPSA) is 70.0 Å². The predicted octanol–water partition coefficient (Wildman–Crippen LogP) is 4.00. The van der Waals surface area contributed by atoms with Crippen molar-refractivity contribution in [2.45, 2.75) is 84.1 Å². The molecule has 134 valence electrons. The Kier molecular flexibility index (Phi) is 7.27. The first kappa shape index (κ1) is 19.0. The number of carbonyl (C=O) groups excluding carboxylic acids is 2. The van der Waals surface area contributed by atoms with Gasteiger partial charge in [-0.15, -0.1) is 0 Å². The first-order chi connectivity index (χ1) is 11.5. The second kappa shape index (κ2) is 9.20.